The Balaban J connectivity index is 0.00000180. The van der Waals surface area contributed by atoms with Crippen LogP contribution in [0, 0.1) is 0 Å². The van der Waals surface area contributed by atoms with E-state index in [1.54, 1.807) is 6.07 Å². The summed E-state index contributed by atoms with van der Waals surface area (Å²) < 4.78 is 0. The Morgan fingerprint density at radius 3 is 2.15 bits per heavy atom. The number of fused-ring (bicyclic) bond motifs is 1. The third-order valence-electron chi connectivity index (χ3n) is 5.49. The maximum Gasteiger partial charge on any atom is 0.250 e. The number of carbonyl (C=O) groups is 3. The number of hydrogen-bond donors (Lipinski definition) is 4. The van der Waals surface area contributed by atoms with E-state index in [-0.39, 0.29) is 12.5 Å². The number of hydrogen-bond acceptors (Lipinski definition) is 8. The van der Waals surface area contributed by atoms with Crippen molar-refractivity contribution in [1.29, 1.82) is 0 Å². The van der Waals surface area contributed by atoms with Gasteiger partial charge in [-0.25, -0.2) is 4.99 Å². The van der Waals surface area contributed by atoms with Crippen LogP contribution in [0.3, 0.4) is 0 Å². The summed E-state index contributed by atoms with van der Waals surface area (Å²) in [6, 6.07) is 11.3. The molecular weight excluding hydrogens is 518 g/mol. The highest BCUT2D eigenvalue weighted by atomic mass is 16.3. The highest BCUT2D eigenvalue weighted by Gasteiger charge is 2.21. The Morgan fingerprint density at radius 2 is 1.61 bits per heavy atom. The number of aldehydes is 1. The Labute approximate surface area is 245 Å². The molecule has 41 heavy (non-hydrogen) atoms. The zero-order valence-corrected chi connectivity index (χ0v) is 25.6. The van der Waals surface area contributed by atoms with Crippen molar-refractivity contribution in [1.82, 2.24) is 10.2 Å². The average molecular weight is 568 g/mol. The number of rotatable bonds is 10. The molecule has 0 atom stereocenters. The molecule has 0 saturated carbocycles. The predicted octanol–water partition coefficient (Wildman–Crippen LogP) is 5.06. The van der Waals surface area contributed by atoms with Crippen LogP contribution in [0.4, 0.5) is 11.4 Å². The third kappa shape index (κ3) is 12.5. The molecule has 2 aromatic rings. The van der Waals surface area contributed by atoms with Gasteiger partial charge in [0.25, 0.3) is 0 Å². The number of benzene rings is 2. The fourth-order valence-corrected chi connectivity index (χ4v) is 3.95. The molecule has 0 bridgehead atoms. The number of anilines is 1. The number of aliphatic hydroxyl groups is 1. The first-order valence-electron chi connectivity index (χ1n) is 14.1. The van der Waals surface area contributed by atoms with Crippen LogP contribution in [0.5, 0.6) is 0 Å². The Morgan fingerprint density at radius 1 is 1.05 bits per heavy atom. The molecule has 0 spiro atoms. The van der Waals surface area contributed by atoms with Crippen molar-refractivity contribution >= 4 is 42.3 Å². The van der Waals surface area contributed by atoms with Crippen LogP contribution in [-0.4, -0.2) is 75.2 Å². The van der Waals surface area contributed by atoms with Crippen LogP contribution in [0.2, 0.25) is 0 Å². The van der Waals surface area contributed by atoms with Gasteiger partial charge in [0.05, 0.1) is 12.3 Å². The molecule has 9 heteroatoms. The lowest BCUT2D eigenvalue weighted by atomic mass is 9.99. The number of nitrogens with zero attached hydrogens (tertiary/aromatic N) is 2. The van der Waals surface area contributed by atoms with Crippen LogP contribution < -0.4 is 16.4 Å². The molecule has 226 valence electrons. The number of amides is 1. The maximum absolute atomic E-state index is 13.2. The number of carbonyl (C=O) groups excluding carboxylic acids is 3. The van der Waals surface area contributed by atoms with Crippen LogP contribution in [0.1, 0.15) is 69.3 Å². The average Bonchev–Trinajstić information content (AvgIpc) is 3.14. The molecule has 1 amide bonds. The molecule has 3 rings (SSSR count). The van der Waals surface area contributed by atoms with Gasteiger partial charge < -0.3 is 31.2 Å². The monoisotopic (exact) mass is 567 g/mol. The maximum atomic E-state index is 13.2. The van der Waals surface area contributed by atoms with E-state index in [0.717, 1.165) is 48.9 Å². The van der Waals surface area contributed by atoms with E-state index in [1.165, 1.54) is 6.42 Å². The highest BCUT2D eigenvalue weighted by molar-refractivity contribution is 6.05. The second-order valence-corrected chi connectivity index (χ2v) is 9.29. The summed E-state index contributed by atoms with van der Waals surface area (Å²) in [5.74, 6) is 0.415. The minimum atomic E-state index is -0.0311. The van der Waals surface area contributed by atoms with Crippen molar-refractivity contribution in [2.45, 2.75) is 53.4 Å². The minimum Gasteiger partial charge on any atom is -0.395 e. The second kappa shape index (κ2) is 21.9. The van der Waals surface area contributed by atoms with E-state index >= 15 is 0 Å². The van der Waals surface area contributed by atoms with Crippen LogP contribution in [0.15, 0.2) is 47.0 Å². The normalized spacial score (nSPS) is 11.3. The van der Waals surface area contributed by atoms with Crippen molar-refractivity contribution in [3.8, 4) is 11.1 Å². The SMILES string of the molecule is C=O.CCC.CCCN(CCC)C(=O)C1=Cc2ccc(-c3ccc(C=O)c(NCCO)c3)cc2N=C(N)C1.CNC. The molecule has 9 nitrogen and oxygen atoms in total. The van der Waals surface area contributed by atoms with Gasteiger partial charge in [0.2, 0.25) is 5.91 Å². The number of amidine groups is 1. The fraction of sp³-hybridized carbons (Fsp3) is 0.438. The second-order valence-electron chi connectivity index (χ2n) is 9.29. The Bertz CT molecular complexity index is 1120. The van der Waals surface area contributed by atoms with Crippen LogP contribution in [-0.2, 0) is 9.59 Å². The summed E-state index contributed by atoms with van der Waals surface area (Å²) in [6.45, 7) is 12.1. The molecule has 0 radical (unpaired) electrons. The topological polar surface area (TPSA) is 137 Å². The Hall–Kier alpha value is -3.82. The van der Waals surface area contributed by atoms with Gasteiger partial charge in [-0.15, -0.1) is 0 Å². The van der Waals surface area contributed by atoms with Gasteiger partial charge in [0.15, 0.2) is 6.29 Å². The molecular formula is C32H49N5O4. The number of aliphatic hydroxyl groups excluding tert-OH is 1. The van der Waals surface area contributed by atoms with Crippen molar-refractivity contribution in [2.24, 2.45) is 10.7 Å². The first-order chi connectivity index (χ1) is 19.8. The van der Waals surface area contributed by atoms with Crippen LogP contribution in [0.25, 0.3) is 17.2 Å². The molecule has 1 heterocycles. The summed E-state index contributed by atoms with van der Waals surface area (Å²) in [6.07, 6.45) is 6.05. The quantitative estimate of drug-likeness (QED) is 0.295. The molecule has 0 aromatic heterocycles. The molecule has 1 aliphatic rings. The van der Waals surface area contributed by atoms with Crippen molar-refractivity contribution < 1.29 is 19.5 Å². The molecule has 2 aromatic carbocycles. The lowest BCUT2D eigenvalue weighted by Crippen LogP contribution is -2.34. The first-order valence-corrected chi connectivity index (χ1v) is 14.1. The zero-order valence-electron chi connectivity index (χ0n) is 25.6. The van der Waals surface area contributed by atoms with E-state index in [4.69, 9.17) is 15.6 Å². The third-order valence-corrected chi connectivity index (χ3v) is 5.49. The summed E-state index contributed by atoms with van der Waals surface area (Å²) in [4.78, 5) is 39.0. The molecule has 0 fully saturated rings. The number of aliphatic imine (C=N–C) groups is 1. The number of nitrogens with two attached hydrogens (primary N) is 1. The fourth-order valence-electron chi connectivity index (χ4n) is 3.95. The minimum absolute atomic E-state index is 0.0119. The molecule has 0 saturated heterocycles. The molecule has 0 aliphatic carbocycles. The number of nitrogens with one attached hydrogen (secondary N) is 2. The van der Waals surface area contributed by atoms with Crippen LogP contribution >= 0.6 is 0 Å². The Kier molecular flexibility index (Phi) is 19.9. The summed E-state index contributed by atoms with van der Waals surface area (Å²) >= 11 is 0. The predicted molar refractivity (Wildman–Crippen MR) is 172 cm³/mol. The summed E-state index contributed by atoms with van der Waals surface area (Å²) in [5, 5.41) is 14.9. The van der Waals surface area contributed by atoms with Gasteiger partial charge in [0.1, 0.15) is 12.6 Å². The zero-order chi connectivity index (χ0) is 31.2. The van der Waals surface area contributed by atoms with E-state index in [0.29, 0.717) is 41.3 Å². The summed E-state index contributed by atoms with van der Waals surface area (Å²) in [5.41, 5.74) is 11.4. The largest absolute Gasteiger partial charge is 0.395 e. The standard InChI is InChI=1S/C26H32N4O3.C3H8.C2H7N.CH2O/c1-3-10-30(11-4-2)26(33)22-13-20-7-5-19(15-24(20)29-25(27)16-22)18-6-8-21(17-32)23(14-18)28-9-12-31;2*1-3-2;1-2/h5-8,13-15,17,28,31H,3-4,9-12,16H2,1-2H3,(H2,27,29);3H2,1-2H3;3H,1-2H3;1H2. The lowest BCUT2D eigenvalue weighted by Gasteiger charge is -2.22. The summed E-state index contributed by atoms with van der Waals surface area (Å²) in [7, 11) is 3.75. The van der Waals surface area contributed by atoms with Gasteiger partial charge >= 0.3 is 0 Å². The van der Waals surface area contributed by atoms with E-state index < -0.39 is 0 Å². The van der Waals surface area contributed by atoms with Crippen molar-refractivity contribution in [2.75, 3.05) is 45.7 Å². The van der Waals surface area contributed by atoms with Crippen molar-refractivity contribution in [3.05, 3.63) is 53.1 Å². The molecule has 5 N–H and O–H groups in total. The van der Waals surface area contributed by atoms with E-state index in [9.17, 15) is 9.59 Å². The van der Waals surface area contributed by atoms with Gasteiger partial charge in [-0.3, -0.25) is 9.59 Å². The van der Waals surface area contributed by atoms with Gasteiger partial charge in [-0.1, -0.05) is 52.3 Å². The van der Waals surface area contributed by atoms with Gasteiger partial charge in [-0.05, 0) is 62.3 Å². The molecule has 1 aliphatic heterocycles. The van der Waals surface area contributed by atoms with Gasteiger partial charge in [-0.2, -0.15) is 0 Å². The van der Waals surface area contributed by atoms with E-state index in [1.807, 2.05) is 62.2 Å². The lowest BCUT2D eigenvalue weighted by molar-refractivity contribution is -0.127. The van der Waals surface area contributed by atoms with E-state index in [2.05, 4.69) is 43.3 Å². The highest BCUT2D eigenvalue weighted by Crippen LogP contribution is 2.33. The smallest absolute Gasteiger partial charge is 0.250 e. The first kappa shape index (κ1) is 37.2. The van der Waals surface area contributed by atoms with Crippen molar-refractivity contribution in [3.63, 3.8) is 0 Å². The molecule has 0 unspecified atom stereocenters. The van der Waals surface area contributed by atoms with Gasteiger partial charge in [0, 0.05) is 48.4 Å².